The SMILES string of the molecule is CCCCCCCC(=O)O.CCO.N. The molecule has 5 N–H and O–H groups in total. The second-order valence-electron chi connectivity index (χ2n) is 2.87. The molecule has 0 bridgehead atoms. The summed E-state index contributed by atoms with van der Waals surface area (Å²) in [4.78, 5) is 10.0. The molecule has 4 nitrogen and oxygen atoms in total. The maximum Gasteiger partial charge on any atom is 0.303 e. The molecule has 14 heavy (non-hydrogen) atoms. The van der Waals surface area contributed by atoms with E-state index in [2.05, 4.69) is 6.92 Å². The summed E-state index contributed by atoms with van der Waals surface area (Å²) in [5, 5.41) is 15.8. The Morgan fingerprint density at radius 1 is 1.07 bits per heavy atom. The number of carbonyl (C=O) groups is 1. The van der Waals surface area contributed by atoms with Gasteiger partial charge in [-0.05, 0) is 13.3 Å². The lowest BCUT2D eigenvalue weighted by atomic mass is 10.1. The van der Waals surface area contributed by atoms with Crippen molar-refractivity contribution in [2.24, 2.45) is 0 Å². The maximum absolute atomic E-state index is 10.0. The van der Waals surface area contributed by atoms with Crippen molar-refractivity contribution in [2.45, 2.75) is 52.4 Å². The summed E-state index contributed by atoms with van der Waals surface area (Å²) in [6.07, 6.45) is 5.88. The van der Waals surface area contributed by atoms with E-state index in [1.165, 1.54) is 19.3 Å². The van der Waals surface area contributed by atoms with E-state index in [9.17, 15) is 4.79 Å². The van der Waals surface area contributed by atoms with E-state index in [4.69, 9.17) is 10.2 Å². The fourth-order valence-electron chi connectivity index (χ4n) is 0.880. The lowest BCUT2D eigenvalue weighted by Crippen LogP contribution is -1.93. The Morgan fingerprint density at radius 3 is 1.86 bits per heavy atom. The predicted molar refractivity (Wildman–Crippen MR) is 58.8 cm³/mol. The molecule has 0 aromatic rings. The average Bonchev–Trinajstić information content (AvgIpc) is 2.05. The fourth-order valence-corrected chi connectivity index (χ4v) is 0.880. The van der Waals surface area contributed by atoms with E-state index in [1.54, 1.807) is 6.92 Å². The first-order valence-corrected chi connectivity index (χ1v) is 5.01. The first-order valence-electron chi connectivity index (χ1n) is 5.01. The quantitative estimate of drug-likeness (QED) is 0.584. The standard InChI is InChI=1S/C8H16O2.C2H6O.H3N/c1-2-3-4-5-6-7-8(9)10;1-2-3;/h2-7H2,1H3,(H,9,10);3H,2H2,1H3;1H3. The number of aliphatic hydroxyl groups excluding tert-OH is 1. The molecule has 0 aliphatic carbocycles. The van der Waals surface area contributed by atoms with E-state index >= 15 is 0 Å². The van der Waals surface area contributed by atoms with Crippen LogP contribution in [0.4, 0.5) is 0 Å². The topological polar surface area (TPSA) is 92.5 Å². The number of carboxylic acid groups (broad SMARTS) is 1. The van der Waals surface area contributed by atoms with Gasteiger partial charge in [-0.25, -0.2) is 0 Å². The summed E-state index contributed by atoms with van der Waals surface area (Å²) in [6, 6.07) is 0. The summed E-state index contributed by atoms with van der Waals surface area (Å²) in [7, 11) is 0. The van der Waals surface area contributed by atoms with Crippen LogP contribution in [0.2, 0.25) is 0 Å². The molecule has 0 aromatic heterocycles. The van der Waals surface area contributed by atoms with Crippen LogP contribution in [-0.2, 0) is 4.79 Å². The van der Waals surface area contributed by atoms with Gasteiger partial charge in [0.1, 0.15) is 0 Å². The molecule has 0 fully saturated rings. The van der Waals surface area contributed by atoms with Gasteiger partial charge in [-0.3, -0.25) is 4.79 Å². The fraction of sp³-hybridized carbons (Fsp3) is 0.900. The van der Waals surface area contributed by atoms with E-state index in [1.807, 2.05) is 0 Å². The monoisotopic (exact) mass is 207 g/mol. The van der Waals surface area contributed by atoms with E-state index in [-0.39, 0.29) is 12.8 Å². The maximum atomic E-state index is 10.0. The van der Waals surface area contributed by atoms with Crippen molar-refractivity contribution < 1.29 is 15.0 Å². The second kappa shape index (κ2) is 18.2. The normalized spacial score (nSPS) is 8.21. The van der Waals surface area contributed by atoms with E-state index < -0.39 is 5.97 Å². The number of unbranched alkanes of at least 4 members (excludes halogenated alkanes) is 4. The van der Waals surface area contributed by atoms with Crippen LogP contribution in [0, 0.1) is 0 Å². The van der Waals surface area contributed by atoms with E-state index in [0.717, 1.165) is 12.8 Å². The Bertz CT molecular complexity index is 108. The van der Waals surface area contributed by atoms with Crippen LogP contribution in [0.5, 0.6) is 0 Å². The van der Waals surface area contributed by atoms with Crippen molar-refractivity contribution in [1.29, 1.82) is 0 Å². The highest BCUT2D eigenvalue weighted by molar-refractivity contribution is 5.66. The third-order valence-corrected chi connectivity index (χ3v) is 1.49. The van der Waals surface area contributed by atoms with Crippen LogP contribution >= 0.6 is 0 Å². The highest BCUT2D eigenvalue weighted by atomic mass is 16.4. The van der Waals surface area contributed by atoms with Gasteiger partial charge in [0, 0.05) is 13.0 Å². The summed E-state index contributed by atoms with van der Waals surface area (Å²) in [5.41, 5.74) is 0. The largest absolute Gasteiger partial charge is 0.481 e. The average molecular weight is 207 g/mol. The Kier molecular flexibility index (Phi) is 24.8. The summed E-state index contributed by atoms with van der Waals surface area (Å²) in [5.74, 6) is -0.670. The van der Waals surface area contributed by atoms with Gasteiger partial charge in [0.2, 0.25) is 0 Å². The molecule has 4 heteroatoms. The van der Waals surface area contributed by atoms with Crippen molar-refractivity contribution in [3.63, 3.8) is 0 Å². The lowest BCUT2D eigenvalue weighted by Gasteiger charge is -1.95. The highest BCUT2D eigenvalue weighted by Crippen LogP contribution is 2.04. The van der Waals surface area contributed by atoms with Crippen molar-refractivity contribution >= 4 is 5.97 Å². The summed E-state index contributed by atoms with van der Waals surface area (Å²) in [6.45, 7) is 4.08. The van der Waals surface area contributed by atoms with Crippen molar-refractivity contribution in [2.75, 3.05) is 6.61 Å². The minimum Gasteiger partial charge on any atom is -0.481 e. The molecular formula is C10H25NO3. The number of hydrogen-bond donors (Lipinski definition) is 3. The molecule has 0 rings (SSSR count). The van der Waals surface area contributed by atoms with Gasteiger partial charge in [0.05, 0.1) is 0 Å². The van der Waals surface area contributed by atoms with Gasteiger partial charge in [-0.15, -0.1) is 0 Å². The molecule has 0 heterocycles. The molecule has 0 radical (unpaired) electrons. The zero-order chi connectivity index (χ0) is 10.5. The molecule has 0 aliphatic heterocycles. The third-order valence-electron chi connectivity index (χ3n) is 1.49. The zero-order valence-corrected chi connectivity index (χ0v) is 9.46. The molecule has 0 aliphatic rings. The molecule has 0 saturated heterocycles. The van der Waals surface area contributed by atoms with Crippen molar-refractivity contribution in [3.8, 4) is 0 Å². The Labute approximate surface area is 86.9 Å². The molecule has 0 amide bonds. The Balaban J connectivity index is -0.000000267. The van der Waals surface area contributed by atoms with Crippen LogP contribution in [0.3, 0.4) is 0 Å². The predicted octanol–water partition coefficient (Wildman–Crippen LogP) is 2.59. The second-order valence-corrected chi connectivity index (χ2v) is 2.87. The van der Waals surface area contributed by atoms with Gasteiger partial charge in [-0.2, -0.15) is 0 Å². The smallest absolute Gasteiger partial charge is 0.303 e. The number of carboxylic acids is 1. The van der Waals surface area contributed by atoms with Crippen LogP contribution in [-0.4, -0.2) is 22.8 Å². The summed E-state index contributed by atoms with van der Waals surface area (Å²) < 4.78 is 0. The molecule has 0 unspecified atom stereocenters. The van der Waals surface area contributed by atoms with Gasteiger partial charge in [-0.1, -0.05) is 32.6 Å². The van der Waals surface area contributed by atoms with Crippen molar-refractivity contribution in [1.82, 2.24) is 6.15 Å². The highest BCUT2D eigenvalue weighted by Gasteiger charge is 1.94. The molecular weight excluding hydrogens is 182 g/mol. The van der Waals surface area contributed by atoms with E-state index in [0.29, 0.717) is 6.42 Å². The Hall–Kier alpha value is -0.610. The minimum absolute atomic E-state index is 0. The van der Waals surface area contributed by atoms with Crippen molar-refractivity contribution in [3.05, 3.63) is 0 Å². The first-order chi connectivity index (χ1) is 6.18. The minimum atomic E-state index is -0.670. The van der Waals surface area contributed by atoms with Crippen LogP contribution in [0.15, 0.2) is 0 Å². The van der Waals surface area contributed by atoms with Crippen LogP contribution < -0.4 is 6.15 Å². The molecule has 0 spiro atoms. The summed E-state index contributed by atoms with van der Waals surface area (Å²) >= 11 is 0. The van der Waals surface area contributed by atoms with Gasteiger partial charge >= 0.3 is 5.97 Å². The van der Waals surface area contributed by atoms with Gasteiger partial charge in [0.25, 0.3) is 0 Å². The number of hydrogen-bond acceptors (Lipinski definition) is 3. The molecule has 88 valence electrons. The zero-order valence-electron chi connectivity index (χ0n) is 9.46. The third kappa shape index (κ3) is 30.1. The first kappa shape index (κ1) is 19.0. The number of rotatable bonds is 6. The number of aliphatic hydroxyl groups is 1. The van der Waals surface area contributed by atoms with Gasteiger partial charge in [0.15, 0.2) is 0 Å². The lowest BCUT2D eigenvalue weighted by molar-refractivity contribution is -0.137. The molecule has 0 aromatic carbocycles. The number of aliphatic carboxylic acids is 1. The van der Waals surface area contributed by atoms with Gasteiger partial charge < -0.3 is 16.4 Å². The molecule has 0 atom stereocenters. The molecule has 0 saturated carbocycles. The Morgan fingerprint density at radius 2 is 1.50 bits per heavy atom. The van der Waals surface area contributed by atoms with Crippen LogP contribution in [0.1, 0.15) is 52.4 Å². The van der Waals surface area contributed by atoms with Crippen LogP contribution in [0.25, 0.3) is 0 Å².